The minimum absolute atomic E-state index is 0.0243. The second-order valence-corrected chi connectivity index (χ2v) is 3.79. The van der Waals surface area contributed by atoms with Crippen LogP contribution in [0.1, 0.15) is 27.2 Å². The molecule has 2 aromatic rings. The number of hydrogen-bond donors (Lipinski definition) is 1. The Morgan fingerprint density at radius 2 is 1.94 bits per heavy atom. The molecule has 0 aliphatic heterocycles. The standard InChI is InChI=1S/C13H13NO2/c1-8-7-10(14)3-4-11(8)13(15)12-5-6-16-9(12)2/h3-7H,14H2,1-2H3. The Morgan fingerprint density at radius 1 is 1.19 bits per heavy atom. The summed E-state index contributed by atoms with van der Waals surface area (Å²) in [5.74, 6) is 0.616. The second kappa shape index (κ2) is 3.85. The Labute approximate surface area is 93.9 Å². The highest BCUT2D eigenvalue weighted by Gasteiger charge is 2.15. The largest absolute Gasteiger partial charge is 0.469 e. The van der Waals surface area contributed by atoms with Gasteiger partial charge < -0.3 is 10.2 Å². The van der Waals surface area contributed by atoms with Crippen LogP contribution < -0.4 is 5.73 Å². The number of carbonyl (C=O) groups is 1. The predicted octanol–water partition coefficient (Wildman–Crippen LogP) is 2.71. The van der Waals surface area contributed by atoms with Crippen molar-refractivity contribution in [1.29, 1.82) is 0 Å². The third kappa shape index (κ3) is 1.72. The van der Waals surface area contributed by atoms with Gasteiger partial charge in [0.05, 0.1) is 11.8 Å². The SMILES string of the molecule is Cc1cc(N)ccc1C(=O)c1ccoc1C. The third-order valence-corrected chi connectivity index (χ3v) is 2.60. The lowest BCUT2D eigenvalue weighted by atomic mass is 9.99. The molecule has 3 heteroatoms. The summed E-state index contributed by atoms with van der Waals surface area (Å²) in [6, 6.07) is 6.96. The summed E-state index contributed by atoms with van der Waals surface area (Å²) in [5, 5.41) is 0. The number of nitrogen functional groups attached to an aromatic ring is 1. The fraction of sp³-hybridized carbons (Fsp3) is 0.154. The molecule has 0 radical (unpaired) electrons. The zero-order chi connectivity index (χ0) is 11.7. The van der Waals surface area contributed by atoms with Crippen LogP contribution >= 0.6 is 0 Å². The van der Waals surface area contributed by atoms with E-state index in [1.54, 1.807) is 31.2 Å². The quantitative estimate of drug-likeness (QED) is 0.619. The zero-order valence-electron chi connectivity index (χ0n) is 9.28. The fourth-order valence-corrected chi connectivity index (χ4v) is 1.71. The van der Waals surface area contributed by atoms with Crippen LogP contribution in [0, 0.1) is 13.8 Å². The summed E-state index contributed by atoms with van der Waals surface area (Å²) < 4.78 is 5.13. The van der Waals surface area contributed by atoms with Gasteiger partial charge in [0.2, 0.25) is 0 Å². The molecular weight excluding hydrogens is 202 g/mol. The molecule has 0 fully saturated rings. The van der Waals surface area contributed by atoms with Gasteiger partial charge >= 0.3 is 0 Å². The number of ketones is 1. The number of nitrogens with two attached hydrogens (primary N) is 1. The van der Waals surface area contributed by atoms with Gasteiger partial charge in [-0.2, -0.15) is 0 Å². The molecule has 2 rings (SSSR count). The van der Waals surface area contributed by atoms with Crippen molar-refractivity contribution in [3.05, 3.63) is 53.0 Å². The van der Waals surface area contributed by atoms with Crippen molar-refractivity contribution in [3.8, 4) is 0 Å². The summed E-state index contributed by atoms with van der Waals surface area (Å²) in [5.41, 5.74) is 8.46. The Bertz CT molecular complexity index is 541. The van der Waals surface area contributed by atoms with E-state index in [1.807, 2.05) is 6.92 Å². The highest BCUT2D eigenvalue weighted by molar-refractivity contribution is 6.10. The monoisotopic (exact) mass is 215 g/mol. The molecule has 2 N–H and O–H groups in total. The van der Waals surface area contributed by atoms with Crippen molar-refractivity contribution in [1.82, 2.24) is 0 Å². The molecule has 0 aliphatic carbocycles. The Balaban J connectivity index is 2.46. The van der Waals surface area contributed by atoms with Gasteiger partial charge in [-0.15, -0.1) is 0 Å². The van der Waals surface area contributed by atoms with E-state index in [9.17, 15) is 4.79 Å². The van der Waals surface area contributed by atoms with E-state index >= 15 is 0 Å². The zero-order valence-corrected chi connectivity index (χ0v) is 9.28. The first kappa shape index (κ1) is 10.5. The van der Waals surface area contributed by atoms with Gasteiger partial charge in [-0.1, -0.05) is 0 Å². The molecule has 0 spiro atoms. The molecule has 0 saturated heterocycles. The summed E-state index contributed by atoms with van der Waals surface area (Å²) >= 11 is 0. The molecule has 0 atom stereocenters. The van der Waals surface area contributed by atoms with E-state index in [-0.39, 0.29) is 5.78 Å². The molecule has 0 bridgehead atoms. The average molecular weight is 215 g/mol. The molecule has 1 aromatic heterocycles. The van der Waals surface area contributed by atoms with E-state index in [4.69, 9.17) is 10.2 Å². The summed E-state index contributed by atoms with van der Waals surface area (Å²) in [6.07, 6.45) is 1.52. The lowest BCUT2D eigenvalue weighted by Gasteiger charge is -2.04. The smallest absolute Gasteiger partial charge is 0.196 e. The highest BCUT2D eigenvalue weighted by atomic mass is 16.3. The van der Waals surface area contributed by atoms with Gasteiger partial charge in [0.1, 0.15) is 5.76 Å². The van der Waals surface area contributed by atoms with E-state index in [0.29, 0.717) is 22.6 Å². The van der Waals surface area contributed by atoms with E-state index < -0.39 is 0 Å². The molecule has 82 valence electrons. The molecule has 0 unspecified atom stereocenters. The number of carbonyl (C=O) groups excluding carboxylic acids is 1. The lowest BCUT2D eigenvalue weighted by Crippen LogP contribution is -2.04. The van der Waals surface area contributed by atoms with Crippen molar-refractivity contribution >= 4 is 11.5 Å². The Morgan fingerprint density at radius 3 is 2.50 bits per heavy atom. The molecule has 1 aromatic carbocycles. The third-order valence-electron chi connectivity index (χ3n) is 2.60. The highest BCUT2D eigenvalue weighted by Crippen LogP contribution is 2.19. The van der Waals surface area contributed by atoms with Crippen LogP contribution in [-0.4, -0.2) is 5.78 Å². The number of rotatable bonds is 2. The van der Waals surface area contributed by atoms with Crippen LogP contribution in [0.25, 0.3) is 0 Å². The van der Waals surface area contributed by atoms with Crippen molar-refractivity contribution in [2.45, 2.75) is 13.8 Å². The predicted molar refractivity (Wildman–Crippen MR) is 62.5 cm³/mol. The first-order valence-electron chi connectivity index (χ1n) is 5.04. The normalized spacial score (nSPS) is 10.4. The van der Waals surface area contributed by atoms with E-state index in [0.717, 1.165) is 5.56 Å². The van der Waals surface area contributed by atoms with Crippen LogP contribution in [0.15, 0.2) is 34.9 Å². The molecule has 0 amide bonds. The number of benzene rings is 1. The summed E-state index contributed by atoms with van der Waals surface area (Å²) in [6.45, 7) is 3.65. The minimum atomic E-state index is -0.0243. The summed E-state index contributed by atoms with van der Waals surface area (Å²) in [7, 11) is 0. The first-order valence-corrected chi connectivity index (χ1v) is 5.04. The van der Waals surface area contributed by atoms with E-state index in [1.165, 1.54) is 6.26 Å². The topological polar surface area (TPSA) is 56.2 Å². The van der Waals surface area contributed by atoms with Gasteiger partial charge in [-0.05, 0) is 43.7 Å². The number of hydrogen-bond acceptors (Lipinski definition) is 3. The van der Waals surface area contributed by atoms with E-state index in [2.05, 4.69) is 0 Å². The van der Waals surface area contributed by atoms with Crippen LogP contribution in [0.5, 0.6) is 0 Å². The number of furan rings is 1. The molecule has 3 nitrogen and oxygen atoms in total. The van der Waals surface area contributed by atoms with Crippen molar-refractivity contribution in [3.63, 3.8) is 0 Å². The van der Waals surface area contributed by atoms with Crippen LogP contribution in [-0.2, 0) is 0 Å². The molecule has 1 heterocycles. The van der Waals surface area contributed by atoms with Gasteiger partial charge in [-0.25, -0.2) is 0 Å². The van der Waals surface area contributed by atoms with Crippen molar-refractivity contribution in [2.24, 2.45) is 0 Å². The fourth-order valence-electron chi connectivity index (χ4n) is 1.71. The van der Waals surface area contributed by atoms with Gasteiger partial charge in [-0.3, -0.25) is 4.79 Å². The number of aryl methyl sites for hydroxylation is 2. The number of anilines is 1. The summed E-state index contributed by atoms with van der Waals surface area (Å²) in [4.78, 5) is 12.2. The van der Waals surface area contributed by atoms with Crippen LogP contribution in [0.3, 0.4) is 0 Å². The molecular formula is C13H13NO2. The first-order chi connectivity index (χ1) is 7.59. The van der Waals surface area contributed by atoms with Crippen LogP contribution in [0.4, 0.5) is 5.69 Å². The van der Waals surface area contributed by atoms with Gasteiger partial charge in [0.15, 0.2) is 5.78 Å². The van der Waals surface area contributed by atoms with Gasteiger partial charge in [0, 0.05) is 11.3 Å². The maximum Gasteiger partial charge on any atom is 0.196 e. The average Bonchev–Trinajstić information content (AvgIpc) is 2.63. The Hall–Kier alpha value is -2.03. The van der Waals surface area contributed by atoms with Crippen molar-refractivity contribution < 1.29 is 9.21 Å². The molecule has 0 aliphatic rings. The van der Waals surface area contributed by atoms with Crippen LogP contribution in [0.2, 0.25) is 0 Å². The second-order valence-electron chi connectivity index (χ2n) is 3.79. The maximum atomic E-state index is 12.2. The Kier molecular flexibility index (Phi) is 2.52. The minimum Gasteiger partial charge on any atom is -0.469 e. The molecule has 0 saturated carbocycles. The van der Waals surface area contributed by atoms with Gasteiger partial charge in [0.25, 0.3) is 0 Å². The maximum absolute atomic E-state index is 12.2. The van der Waals surface area contributed by atoms with Crippen molar-refractivity contribution in [2.75, 3.05) is 5.73 Å². The lowest BCUT2D eigenvalue weighted by molar-refractivity contribution is 0.103. The molecule has 16 heavy (non-hydrogen) atoms.